The Kier molecular flexibility index (Phi) is 4.01. The molecule has 4 rings (SSSR count). The molecule has 0 aromatic carbocycles. The van der Waals surface area contributed by atoms with Crippen LogP contribution < -0.4 is 10.3 Å². The van der Waals surface area contributed by atoms with Crippen LogP contribution >= 0.6 is 11.3 Å². The SMILES string of the molecule is Cc1ccc(S(=O)(=O)N2CC(Oc3cc(C)n(C4CC4)c(=O)c3)C2)s1. The largest absolute Gasteiger partial charge is 0.487 e. The number of hydrogen-bond donors (Lipinski definition) is 0. The molecule has 2 fully saturated rings. The summed E-state index contributed by atoms with van der Waals surface area (Å²) in [6.45, 7) is 4.41. The van der Waals surface area contributed by atoms with Crippen LogP contribution in [0.1, 0.15) is 29.5 Å². The fraction of sp³-hybridized carbons (Fsp3) is 0.471. The molecule has 2 aromatic rings. The van der Waals surface area contributed by atoms with Crippen molar-refractivity contribution >= 4 is 21.4 Å². The van der Waals surface area contributed by atoms with Gasteiger partial charge in [-0.1, -0.05) is 0 Å². The number of pyridine rings is 1. The highest BCUT2D eigenvalue weighted by Crippen LogP contribution is 2.35. The maximum atomic E-state index is 12.5. The molecular weight excluding hydrogens is 360 g/mol. The van der Waals surface area contributed by atoms with E-state index >= 15 is 0 Å². The molecule has 0 atom stereocenters. The minimum absolute atomic E-state index is 0.0460. The highest BCUT2D eigenvalue weighted by atomic mass is 32.2. The maximum Gasteiger partial charge on any atom is 0.254 e. The summed E-state index contributed by atoms with van der Waals surface area (Å²) in [6, 6.07) is 7.15. The van der Waals surface area contributed by atoms with Crippen LogP contribution in [0, 0.1) is 13.8 Å². The Hall–Kier alpha value is -1.64. The van der Waals surface area contributed by atoms with Gasteiger partial charge in [-0.05, 0) is 44.9 Å². The van der Waals surface area contributed by atoms with Crippen molar-refractivity contribution in [1.82, 2.24) is 8.87 Å². The lowest BCUT2D eigenvalue weighted by atomic mass is 10.2. The highest BCUT2D eigenvalue weighted by molar-refractivity contribution is 7.91. The van der Waals surface area contributed by atoms with E-state index in [1.807, 2.05) is 30.5 Å². The summed E-state index contributed by atoms with van der Waals surface area (Å²) < 4.78 is 34.4. The number of ether oxygens (including phenoxy) is 1. The van der Waals surface area contributed by atoms with Crippen LogP contribution in [0.15, 0.2) is 33.3 Å². The van der Waals surface area contributed by atoms with Crippen molar-refractivity contribution in [2.75, 3.05) is 13.1 Å². The van der Waals surface area contributed by atoms with Crippen molar-refractivity contribution < 1.29 is 13.2 Å². The normalized spacial score (nSPS) is 19.0. The van der Waals surface area contributed by atoms with E-state index < -0.39 is 10.0 Å². The summed E-state index contributed by atoms with van der Waals surface area (Å²) >= 11 is 1.28. The molecule has 0 bridgehead atoms. The third-order valence-electron chi connectivity index (χ3n) is 4.57. The number of sulfonamides is 1. The Morgan fingerprint density at radius 3 is 2.44 bits per heavy atom. The molecule has 1 saturated carbocycles. The standard InChI is InChI=1S/C17H20N2O4S2/c1-11-7-14(8-16(20)19(11)13-4-5-13)23-15-9-18(10-15)25(21,22)17-6-3-12(2)24-17/h3,6-8,13,15H,4-5,9-10H2,1-2H3. The second-order valence-electron chi connectivity index (χ2n) is 6.70. The Morgan fingerprint density at radius 1 is 1.16 bits per heavy atom. The predicted molar refractivity (Wildman–Crippen MR) is 95.9 cm³/mol. The summed E-state index contributed by atoms with van der Waals surface area (Å²) in [5.74, 6) is 0.522. The molecule has 1 aliphatic heterocycles. The Balaban J connectivity index is 1.42. The lowest BCUT2D eigenvalue weighted by Crippen LogP contribution is -2.55. The van der Waals surface area contributed by atoms with E-state index in [1.165, 1.54) is 21.7 Å². The second kappa shape index (κ2) is 5.96. The van der Waals surface area contributed by atoms with Crippen LogP contribution in [0.2, 0.25) is 0 Å². The van der Waals surface area contributed by atoms with E-state index in [-0.39, 0.29) is 11.7 Å². The zero-order valence-electron chi connectivity index (χ0n) is 14.1. The quantitative estimate of drug-likeness (QED) is 0.798. The van der Waals surface area contributed by atoms with Crippen molar-refractivity contribution in [2.45, 2.75) is 43.0 Å². The Bertz CT molecular complexity index is 967. The first-order chi connectivity index (χ1) is 11.8. The van der Waals surface area contributed by atoms with Gasteiger partial charge in [0, 0.05) is 22.7 Å². The van der Waals surface area contributed by atoms with Crippen molar-refractivity contribution in [3.8, 4) is 5.75 Å². The van der Waals surface area contributed by atoms with Gasteiger partial charge in [-0.3, -0.25) is 4.79 Å². The van der Waals surface area contributed by atoms with Crippen LogP contribution in [0.25, 0.3) is 0 Å². The fourth-order valence-corrected chi connectivity index (χ4v) is 6.03. The smallest absolute Gasteiger partial charge is 0.254 e. The minimum atomic E-state index is -3.43. The van der Waals surface area contributed by atoms with Gasteiger partial charge < -0.3 is 9.30 Å². The van der Waals surface area contributed by atoms with Gasteiger partial charge in [-0.2, -0.15) is 4.31 Å². The predicted octanol–water partition coefficient (Wildman–Crippen LogP) is 2.31. The third kappa shape index (κ3) is 3.14. The van der Waals surface area contributed by atoms with E-state index in [0.717, 1.165) is 23.4 Å². The number of hydrogen-bond acceptors (Lipinski definition) is 5. The summed E-state index contributed by atoms with van der Waals surface area (Å²) in [7, 11) is -3.43. The number of aromatic nitrogens is 1. The highest BCUT2D eigenvalue weighted by Gasteiger charge is 2.39. The first-order valence-corrected chi connectivity index (χ1v) is 10.6. The molecule has 25 heavy (non-hydrogen) atoms. The second-order valence-corrected chi connectivity index (χ2v) is 10.2. The summed E-state index contributed by atoms with van der Waals surface area (Å²) in [5.41, 5.74) is 0.846. The average Bonchev–Trinajstić information content (AvgIpc) is 3.21. The molecule has 3 heterocycles. The lowest BCUT2D eigenvalue weighted by Gasteiger charge is -2.37. The van der Waals surface area contributed by atoms with Gasteiger partial charge in [0.05, 0.1) is 13.1 Å². The van der Waals surface area contributed by atoms with Crippen molar-refractivity contribution in [1.29, 1.82) is 0 Å². The van der Waals surface area contributed by atoms with E-state index in [4.69, 9.17) is 4.74 Å². The molecule has 1 saturated heterocycles. The Labute approximate surface area is 150 Å². The molecule has 1 aliphatic carbocycles. The van der Waals surface area contributed by atoms with Crippen LogP contribution in [0.3, 0.4) is 0 Å². The molecule has 8 heteroatoms. The molecule has 0 radical (unpaired) electrons. The van der Waals surface area contributed by atoms with Gasteiger partial charge in [-0.25, -0.2) is 8.42 Å². The number of rotatable bonds is 5. The molecule has 2 aromatic heterocycles. The molecular formula is C17H20N2O4S2. The van der Waals surface area contributed by atoms with Crippen molar-refractivity contribution in [3.63, 3.8) is 0 Å². The number of nitrogens with zero attached hydrogens (tertiary/aromatic N) is 2. The Morgan fingerprint density at radius 2 is 1.88 bits per heavy atom. The molecule has 2 aliphatic rings. The van der Waals surface area contributed by atoms with Crippen LogP contribution in [-0.2, 0) is 10.0 Å². The van der Waals surface area contributed by atoms with Crippen LogP contribution in [0.5, 0.6) is 5.75 Å². The first kappa shape index (κ1) is 16.8. The molecule has 0 amide bonds. The lowest BCUT2D eigenvalue weighted by molar-refractivity contribution is 0.0760. The number of thiophene rings is 1. The molecule has 0 spiro atoms. The van der Waals surface area contributed by atoms with Gasteiger partial charge in [0.2, 0.25) is 0 Å². The molecule has 0 unspecified atom stereocenters. The topological polar surface area (TPSA) is 68.6 Å². The molecule has 134 valence electrons. The van der Waals surface area contributed by atoms with Gasteiger partial charge in [0.15, 0.2) is 0 Å². The van der Waals surface area contributed by atoms with Crippen LogP contribution in [-0.4, -0.2) is 36.5 Å². The van der Waals surface area contributed by atoms with E-state index in [9.17, 15) is 13.2 Å². The summed E-state index contributed by atoms with van der Waals surface area (Å²) in [5, 5.41) is 0. The minimum Gasteiger partial charge on any atom is -0.487 e. The maximum absolute atomic E-state index is 12.5. The van der Waals surface area contributed by atoms with E-state index in [2.05, 4.69) is 0 Å². The number of aryl methyl sites for hydroxylation is 2. The van der Waals surface area contributed by atoms with Crippen molar-refractivity contribution in [3.05, 3.63) is 45.2 Å². The fourth-order valence-electron chi connectivity index (χ4n) is 3.09. The van der Waals surface area contributed by atoms with Crippen molar-refractivity contribution in [2.24, 2.45) is 0 Å². The van der Waals surface area contributed by atoms with E-state index in [0.29, 0.717) is 29.1 Å². The molecule has 0 N–H and O–H groups in total. The van der Waals surface area contributed by atoms with Crippen LogP contribution in [0.4, 0.5) is 0 Å². The van der Waals surface area contributed by atoms with E-state index in [1.54, 1.807) is 6.07 Å². The zero-order chi connectivity index (χ0) is 17.8. The summed E-state index contributed by atoms with van der Waals surface area (Å²) in [4.78, 5) is 13.2. The van der Waals surface area contributed by atoms with Gasteiger partial charge >= 0.3 is 0 Å². The van der Waals surface area contributed by atoms with Gasteiger partial charge in [-0.15, -0.1) is 11.3 Å². The first-order valence-electron chi connectivity index (χ1n) is 8.31. The van der Waals surface area contributed by atoms with Gasteiger partial charge in [0.25, 0.3) is 15.6 Å². The average molecular weight is 380 g/mol. The van der Waals surface area contributed by atoms with Gasteiger partial charge in [0.1, 0.15) is 16.1 Å². The summed E-state index contributed by atoms with van der Waals surface area (Å²) in [6.07, 6.45) is 1.89. The zero-order valence-corrected chi connectivity index (χ0v) is 15.8. The molecule has 6 nitrogen and oxygen atoms in total. The monoisotopic (exact) mass is 380 g/mol. The third-order valence-corrected chi connectivity index (χ3v) is 7.87.